The molecule has 1 fully saturated rings. The number of carbonyl (C=O) groups excluding carboxylic acids is 1. The van der Waals surface area contributed by atoms with Crippen molar-refractivity contribution in [3.8, 4) is 11.4 Å². The third kappa shape index (κ3) is 3.21. The summed E-state index contributed by atoms with van der Waals surface area (Å²) in [5, 5.41) is 4.11. The second-order valence-electron chi connectivity index (χ2n) is 7.72. The number of ether oxygens (including phenoxy) is 1. The van der Waals surface area contributed by atoms with Crippen LogP contribution in [0.3, 0.4) is 0 Å². The SMILES string of the molecule is Cn1cc(C(=O)N2CCC3(CC2)OCCc2cnc(-c4ccccc4)nc23)cn1. The van der Waals surface area contributed by atoms with Gasteiger partial charge in [0.15, 0.2) is 5.82 Å². The van der Waals surface area contributed by atoms with Crippen LogP contribution in [-0.4, -0.2) is 50.3 Å². The monoisotopic (exact) mass is 389 g/mol. The molecule has 2 aromatic heterocycles. The summed E-state index contributed by atoms with van der Waals surface area (Å²) >= 11 is 0. The molecule has 0 radical (unpaired) electrons. The zero-order valence-electron chi connectivity index (χ0n) is 16.4. The number of amides is 1. The summed E-state index contributed by atoms with van der Waals surface area (Å²) < 4.78 is 7.97. The van der Waals surface area contributed by atoms with Crippen LogP contribution in [0, 0.1) is 0 Å². The minimum absolute atomic E-state index is 0.0247. The van der Waals surface area contributed by atoms with Gasteiger partial charge < -0.3 is 9.64 Å². The maximum absolute atomic E-state index is 12.8. The van der Waals surface area contributed by atoms with Crippen molar-refractivity contribution in [2.45, 2.75) is 24.9 Å². The molecule has 1 amide bonds. The third-order valence-corrected chi connectivity index (χ3v) is 5.89. The van der Waals surface area contributed by atoms with Crippen LogP contribution < -0.4 is 0 Å². The number of hydrogen-bond acceptors (Lipinski definition) is 5. The van der Waals surface area contributed by atoms with Gasteiger partial charge in [-0.05, 0) is 24.8 Å². The minimum Gasteiger partial charge on any atom is -0.368 e. The maximum atomic E-state index is 12.8. The number of nitrogens with zero attached hydrogens (tertiary/aromatic N) is 5. The van der Waals surface area contributed by atoms with E-state index in [9.17, 15) is 4.79 Å². The number of fused-ring (bicyclic) bond motifs is 2. The fourth-order valence-corrected chi connectivity index (χ4v) is 4.30. The highest BCUT2D eigenvalue weighted by molar-refractivity contribution is 5.93. The lowest BCUT2D eigenvalue weighted by atomic mass is 9.83. The first-order valence-corrected chi connectivity index (χ1v) is 9.98. The van der Waals surface area contributed by atoms with Gasteiger partial charge in [-0.2, -0.15) is 5.10 Å². The Labute approximate surface area is 169 Å². The third-order valence-electron chi connectivity index (χ3n) is 5.89. The van der Waals surface area contributed by atoms with Crippen LogP contribution in [0.2, 0.25) is 0 Å². The van der Waals surface area contributed by atoms with Crippen LogP contribution in [0.25, 0.3) is 11.4 Å². The zero-order chi connectivity index (χ0) is 19.8. The summed E-state index contributed by atoms with van der Waals surface area (Å²) in [6, 6.07) is 10.0. The number of piperidine rings is 1. The first-order chi connectivity index (χ1) is 14.1. The van der Waals surface area contributed by atoms with Gasteiger partial charge in [-0.3, -0.25) is 9.48 Å². The van der Waals surface area contributed by atoms with Crippen molar-refractivity contribution in [2.75, 3.05) is 19.7 Å². The Morgan fingerprint density at radius 3 is 2.66 bits per heavy atom. The Morgan fingerprint density at radius 1 is 1.14 bits per heavy atom. The van der Waals surface area contributed by atoms with E-state index in [4.69, 9.17) is 9.72 Å². The van der Waals surface area contributed by atoms with Crippen LogP contribution >= 0.6 is 0 Å². The summed E-state index contributed by atoms with van der Waals surface area (Å²) in [4.78, 5) is 24.2. The van der Waals surface area contributed by atoms with E-state index in [2.05, 4.69) is 10.1 Å². The van der Waals surface area contributed by atoms with E-state index in [-0.39, 0.29) is 5.91 Å². The molecular weight excluding hydrogens is 366 g/mol. The van der Waals surface area contributed by atoms with Crippen molar-refractivity contribution >= 4 is 5.91 Å². The molecule has 0 atom stereocenters. The van der Waals surface area contributed by atoms with Gasteiger partial charge in [0.2, 0.25) is 0 Å². The number of likely N-dealkylation sites (tertiary alicyclic amines) is 1. The van der Waals surface area contributed by atoms with Gasteiger partial charge >= 0.3 is 0 Å². The molecule has 0 aliphatic carbocycles. The molecule has 2 aliphatic rings. The van der Waals surface area contributed by atoms with E-state index in [1.54, 1.807) is 17.1 Å². The first-order valence-electron chi connectivity index (χ1n) is 9.98. The molecule has 2 aliphatic heterocycles. The second kappa shape index (κ2) is 7.08. The molecule has 1 saturated heterocycles. The minimum atomic E-state index is -0.439. The number of aryl methyl sites for hydroxylation is 1. The zero-order valence-corrected chi connectivity index (χ0v) is 16.4. The number of carbonyl (C=O) groups is 1. The molecule has 0 N–H and O–H groups in total. The van der Waals surface area contributed by atoms with Crippen LogP contribution in [-0.2, 0) is 23.8 Å². The van der Waals surface area contributed by atoms with Crippen LogP contribution in [0.4, 0.5) is 0 Å². The predicted octanol–water partition coefficient (Wildman–Crippen LogP) is 2.58. The Hall–Kier alpha value is -3.06. The molecule has 7 nitrogen and oxygen atoms in total. The molecular formula is C22H23N5O2. The molecule has 0 saturated carbocycles. The number of hydrogen-bond donors (Lipinski definition) is 0. The van der Waals surface area contributed by atoms with Crippen molar-refractivity contribution in [3.05, 3.63) is 65.7 Å². The topological polar surface area (TPSA) is 73.1 Å². The van der Waals surface area contributed by atoms with Gasteiger partial charge in [0.25, 0.3) is 5.91 Å². The van der Waals surface area contributed by atoms with Gasteiger partial charge in [0, 0.05) is 38.1 Å². The van der Waals surface area contributed by atoms with Crippen LogP contribution in [0.5, 0.6) is 0 Å². The lowest BCUT2D eigenvalue weighted by molar-refractivity contribution is -0.0967. The summed E-state index contributed by atoms with van der Waals surface area (Å²) in [5.74, 6) is 0.750. The molecule has 1 spiro atoms. The highest BCUT2D eigenvalue weighted by Crippen LogP contribution is 2.41. The molecule has 5 rings (SSSR count). The molecule has 0 unspecified atom stereocenters. The van der Waals surface area contributed by atoms with Gasteiger partial charge in [-0.25, -0.2) is 9.97 Å². The summed E-state index contributed by atoms with van der Waals surface area (Å²) in [6.45, 7) is 1.94. The smallest absolute Gasteiger partial charge is 0.257 e. The highest BCUT2D eigenvalue weighted by Gasteiger charge is 2.43. The van der Waals surface area contributed by atoms with Crippen molar-refractivity contribution in [2.24, 2.45) is 7.05 Å². The fourth-order valence-electron chi connectivity index (χ4n) is 4.30. The van der Waals surface area contributed by atoms with E-state index in [1.807, 2.05) is 48.5 Å². The highest BCUT2D eigenvalue weighted by atomic mass is 16.5. The lowest BCUT2D eigenvalue weighted by Gasteiger charge is -2.44. The van der Waals surface area contributed by atoms with E-state index in [0.29, 0.717) is 25.3 Å². The Morgan fingerprint density at radius 2 is 1.93 bits per heavy atom. The van der Waals surface area contributed by atoms with Crippen molar-refractivity contribution in [1.29, 1.82) is 0 Å². The summed E-state index contributed by atoms with van der Waals surface area (Å²) in [7, 11) is 1.82. The van der Waals surface area contributed by atoms with Crippen LogP contribution in [0.1, 0.15) is 34.5 Å². The molecule has 0 bridgehead atoms. The summed E-state index contributed by atoms with van der Waals surface area (Å²) in [6.07, 6.45) is 7.62. The average molecular weight is 389 g/mol. The Balaban J connectivity index is 1.41. The molecule has 4 heterocycles. The predicted molar refractivity (Wildman–Crippen MR) is 107 cm³/mol. The van der Waals surface area contributed by atoms with Gasteiger partial charge in [-0.1, -0.05) is 30.3 Å². The van der Waals surface area contributed by atoms with E-state index >= 15 is 0 Å². The first kappa shape index (κ1) is 18.0. The van der Waals surface area contributed by atoms with E-state index in [1.165, 1.54) is 0 Å². The normalized spacial score (nSPS) is 17.9. The number of rotatable bonds is 2. The Bertz CT molecular complexity index is 1040. The van der Waals surface area contributed by atoms with E-state index in [0.717, 1.165) is 41.9 Å². The van der Waals surface area contributed by atoms with Crippen molar-refractivity contribution < 1.29 is 9.53 Å². The molecule has 7 heteroatoms. The van der Waals surface area contributed by atoms with E-state index < -0.39 is 5.60 Å². The molecule has 3 aromatic rings. The average Bonchev–Trinajstić information content (AvgIpc) is 3.21. The fraction of sp³-hybridized carbons (Fsp3) is 0.364. The Kier molecular flexibility index (Phi) is 4.39. The number of benzene rings is 1. The summed E-state index contributed by atoms with van der Waals surface area (Å²) in [5.41, 5.74) is 3.34. The van der Waals surface area contributed by atoms with Gasteiger partial charge in [0.05, 0.1) is 24.1 Å². The van der Waals surface area contributed by atoms with Crippen molar-refractivity contribution in [3.63, 3.8) is 0 Å². The maximum Gasteiger partial charge on any atom is 0.257 e. The standard InChI is InChI=1S/C22H23N5O2/c1-26-15-18(14-24-26)21(28)27-10-8-22(9-11-27)19-17(7-12-29-22)13-23-20(25-19)16-5-3-2-4-6-16/h2-6,13-15H,7-12H2,1H3. The molecule has 1 aromatic carbocycles. The van der Waals surface area contributed by atoms with Crippen LogP contribution in [0.15, 0.2) is 48.9 Å². The number of aromatic nitrogens is 4. The molecule has 148 valence electrons. The largest absolute Gasteiger partial charge is 0.368 e. The quantitative estimate of drug-likeness (QED) is 0.674. The van der Waals surface area contributed by atoms with Crippen molar-refractivity contribution in [1.82, 2.24) is 24.6 Å². The van der Waals surface area contributed by atoms with Gasteiger partial charge in [0.1, 0.15) is 5.60 Å². The van der Waals surface area contributed by atoms with Gasteiger partial charge in [-0.15, -0.1) is 0 Å². The second-order valence-corrected chi connectivity index (χ2v) is 7.72. The lowest BCUT2D eigenvalue weighted by Crippen LogP contribution is -2.48. The molecule has 29 heavy (non-hydrogen) atoms.